The number of aryl methyl sites for hydroxylation is 2. The maximum atomic E-state index is 12.9. The standard InChI is InChI=1S/C20H22N4O3/c1-14-12-17(22-27-14)18-8-4-5-10-24(18)19(25)9-11-23-13-21-16-7-3-2-6-15(16)20(23)26/h2-3,6-7,12-13,18H,4-5,8-11H2,1H3. The number of piperidine rings is 1. The monoisotopic (exact) mass is 366 g/mol. The van der Waals surface area contributed by atoms with Gasteiger partial charge in [0.25, 0.3) is 5.56 Å². The molecule has 4 rings (SSSR count). The molecule has 1 amide bonds. The lowest BCUT2D eigenvalue weighted by Gasteiger charge is -2.34. The highest BCUT2D eigenvalue weighted by Gasteiger charge is 2.29. The van der Waals surface area contributed by atoms with Gasteiger partial charge in [-0.2, -0.15) is 0 Å². The summed E-state index contributed by atoms with van der Waals surface area (Å²) in [7, 11) is 0. The highest BCUT2D eigenvalue weighted by atomic mass is 16.5. The molecule has 0 bridgehead atoms. The lowest BCUT2D eigenvalue weighted by Crippen LogP contribution is -2.39. The molecular weight excluding hydrogens is 344 g/mol. The van der Waals surface area contributed by atoms with Crippen LogP contribution in [0.1, 0.15) is 43.2 Å². The van der Waals surface area contributed by atoms with Gasteiger partial charge in [-0.3, -0.25) is 14.2 Å². The van der Waals surface area contributed by atoms with Crippen LogP contribution >= 0.6 is 0 Å². The van der Waals surface area contributed by atoms with Crippen LogP contribution in [-0.2, 0) is 11.3 Å². The Kier molecular flexibility index (Phi) is 4.75. The fourth-order valence-electron chi connectivity index (χ4n) is 3.71. The zero-order chi connectivity index (χ0) is 18.8. The van der Waals surface area contributed by atoms with Crippen molar-refractivity contribution in [2.24, 2.45) is 0 Å². The number of carbonyl (C=O) groups is 1. The number of fused-ring (bicyclic) bond motifs is 1. The molecule has 1 aliphatic heterocycles. The van der Waals surface area contributed by atoms with E-state index in [0.717, 1.165) is 30.7 Å². The number of aromatic nitrogens is 3. The number of para-hydroxylation sites is 1. The molecule has 3 aromatic rings. The first kappa shape index (κ1) is 17.5. The van der Waals surface area contributed by atoms with Crippen LogP contribution in [0, 0.1) is 6.92 Å². The molecule has 1 saturated heterocycles. The van der Waals surface area contributed by atoms with Crippen LogP contribution in [0.5, 0.6) is 0 Å². The molecule has 2 aromatic heterocycles. The molecule has 1 unspecified atom stereocenters. The molecular formula is C20H22N4O3. The van der Waals surface area contributed by atoms with Gasteiger partial charge in [0, 0.05) is 25.6 Å². The summed E-state index contributed by atoms with van der Waals surface area (Å²) in [5.41, 5.74) is 1.36. The third kappa shape index (κ3) is 3.49. The van der Waals surface area contributed by atoms with Gasteiger partial charge in [0.1, 0.15) is 11.5 Å². The summed E-state index contributed by atoms with van der Waals surface area (Å²) >= 11 is 0. The zero-order valence-electron chi connectivity index (χ0n) is 15.3. The Morgan fingerprint density at radius 2 is 2.15 bits per heavy atom. The Morgan fingerprint density at radius 1 is 1.30 bits per heavy atom. The SMILES string of the molecule is Cc1cc(C2CCCCN2C(=O)CCn2cnc3ccccc3c2=O)no1. The lowest BCUT2D eigenvalue weighted by atomic mass is 9.98. The van der Waals surface area contributed by atoms with E-state index in [1.807, 2.05) is 36.1 Å². The van der Waals surface area contributed by atoms with E-state index in [4.69, 9.17) is 4.52 Å². The Balaban J connectivity index is 1.50. The highest BCUT2D eigenvalue weighted by Crippen LogP contribution is 2.31. The molecule has 0 aliphatic carbocycles. The van der Waals surface area contributed by atoms with Crippen LogP contribution in [0.3, 0.4) is 0 Å². The molecule has 27 heavy (non-hydrogen) atoms. The second kappa shape index (κ2) is 7.34. The number of rotatable bonds is 4. The zero-order valence-corrected chi connectivity index (χ0v) is 15.3. The number of likely N-dealkylation sites (tertiary alicyclic amines) is 1. The minimum Gasteiger partial charge on any atom is -0.361 e. The fourth-order valence-corrected chi connectivity index (χ4v) is 3.71. The predicted octanol–water partition coefficient (Wildman–Crippen LogP) is 2.84. The van der Waals surface area contributed by atoms with Gasteiger partial charge in [0.05, 0.1) is 23.3 Å². The molecule has 140 valence electrons. The molecule has 3 heterocycles. The van der Waals surface area contributed by atoms with E-state index < -0.39 is 0 Å². The van der Waals surface area contributed by atoms with Crippen LogP contribution in [0.15, 0.2) is 46.0 Å². The average Bonchev–Trinajstić information content (AvgIpc) is 3.14. The first-order valence-electron chi connectivity index (χ1n) is 9.30. The minimum absolute atomic E-state index is 0.0282. The third-order valence-corrected chi connectivity index (χ3v) is 5.11. The summed E-state index contributed by atoms with van der Waals surface area (Å²) in [6.45, 7) is 2.88. The number of benzene rings is 1. The number of hydrogen-bond acceptors (Lipinski definition) is 5. The average molecular weight is 366 g/mol. The first-order valence-corrected chi connectivity index (χ1v) is 9.30. The topological polar surface area (TPSA) is 81.2 Å². The summed E-state index contributed by atoms with van der Waals surface area (Å²) in [6, 6.07) is 9.09. The molecule has 1 aliphatic rings. The molecule has 0 spiro atoms. The van der Waals surface area contributed by atoms with Gasteiger partial charge in [0.15, 0.2) is 0 Å². The van der Waals surface area contributed by atoms with Crippen LogP contribution in [0.2, 0.25) is 0 Å². The van der Waals surface area contributed by atoms with Gasteiger partial charge in [-0.05, 0) is 38.3 Å². The highest BCUT2D eigenvalue weighted by molar-refractivity contribution is 5.78. The number of hydrogen-bond donors (Lipinski definition) is 0. The molecule has 0 N–H and O–H groups in total. The van der Waals surface area contributed by atoms with Gasteiger partial charge >= 0.3 is 0 Å². The summed E-state index contributed by atoms with van der Waals surface area (Å²) in [5, 5.41) is 4.68. The second-order valence-electron chi connectivity index (χ2n) is 6.97. The van der Waals surface area contributed by atoms with Crippen molar-refractivity contribution in [3.8, 4) is 0 Å². The van der Waals surface area contributed by atoms with Gasteiger partial charge in [-0.1, -0.05) is 17.3 Å². The lowest BCUT2D eigenvalue weighted by molar-refractivity contribution is -0.135. The van der Waals surface area contributed by atoms with Crippen molar-refractivity contribution in [2.75, 3.05) is 6.54 Å². The van der Waals surface area contributed by atoms with E-state index in [9.17, 15) is 9.59 Å². The molecule has 0 saturated carbocycles. The largest absolute Gasteiger partial charge is 0.361 e. The second-order valence-corrected chi connectivity index (χ2v) is 6.97. The Bertz CT molecular complexity index is 1020. The quantitative estimate of drug-likeness (QED) is 0.709. The van der Waals surface area contributed by atoms with Crippen molar-refractivity contribution in [2.45, 2.75) is 45.2 Å². The maximum Gasteiger partial charge on any atom is 0.261 e. The van der Waals surface area contributed by atoms with Crippen LogP contribution in [0.25, 0.3) is 10.9 Å². The van der Waals surface area contributed by atoms with Crippen LogP contribution in [0.4, 0.5) is 0 Å². The minimum atomic E-state index is -0.115. The summed E-state index contributed by atoms with van der Waals surface area (Å²) in [6.07, 6.45) is 4.71. The number of carbonyl (C=O) groups excluding carboxylic acids is 1. The molecule has 1 fully saturated rings. The predicted molar refractivity (Wildman–Crippen MR) is 100 cm³/mol. The Hall–Kier alpha value is -2.96. The van der Waals surface area contributed by atoms with Crippen molar-refractivity contribution >= 4 is 16.8 Å². The summed E-state index contributed by atoms with van der Waals surface area (Å²) < 4.78 is 6.70. The van der Waals surface area contributed by atoms with Crippen LogP contribution < -0.4 is 5.56 Å². The normalized spacial score (nSPS) is 17.4. The van der Waals surface area contributed by atoms with Crippen molar-refractivity contribution in [3.63, 3.8) is 0 Å². The first-order chi connectivity index (χ1) is 13.1. The van der Waals surface area contributed by atoms with Crippen molar-refractivity contribution in [3.05, 3.63) is 58.5 Å². The van der Waals surface area contributed by atoms with E-state index in [1.54, 1.807) is 6.07 Å². The van der Waals surface area contributed by atoms with Gasteiger partial charge < -0.3 is 9.42 Å². The molecule has 7 nitrogen and oxygen atoms in total. The number of amides is 1. The molecule has 0 radical (unpaired) electrons. The van der Waals surface area contributed by atoms with Gasteiger partial charge in [-0.15, -0.1) is 0 Å². The summed E-state index contributed by atoms with van der Waals surface area (Å²) in [4.78, 5) is 31.6. The fraction of sp³-hybridized carbons (Fsp3) is 0.400. The Labute approximate surface area is 156 Å². The van der Waals surface area contributed by atoms with E-state index in [1.165, 1.54) is 10.9 Å². The molecule has 1 atom stereocenters. The number of nitrogens with zero attached hydrogens (tertiary/aromatic N) is 4. The van der Waals surface area contributed by atoms with Crippen molar-refractivity contribution < 1.29 is 9.32 Å². The van der Waals surface area contributed by atoms with E-state index in [-0.39, 0.29) is 23.9 Å². The Morgan fingerprint density at radius 3 is 2.96 bits per heavy atom. The molecule has 7 heteroatoms. The maximum absolute atomic E-state index is 12.9. The van der Waals surface area contributed by atoms with Crippen molar-refractivity contribution in [1.82, 2.24) is 19.6 Å². The van der Waals surface area contributed by atoms with Gasteiger partial charge in [-0.25, -0.2) is 4.98 Å². The molecule has 1 aromatic carbocycles. The van der Waals surface area contributed by atoms with Crippen molar-refractivity contribution in [1.29, 1.82) is 0 Å². The van der Waals surface area contributed by atoms with Gasteiger partial charge in [0.2, 0.25) is 5.91 Å². The van der Waals surface area contributed by atoms with E-state index >= 15 is 0 Å². The van der Waals surface area contributed by atoms with E-state index in [2.05, 4.69) is 10.1 Å². The van der Waals surface area contributed by atoms with Crippen LogP contribution in [-0.4, -0.2) is 32.1 Å². The summed E-state index contributed by atoms with van der Waals surface area (Å²) in [5.74, 6) is 0.775. The smallest absolute Gasteiger partial charge is 0.261 e. The third-order valence-electron chi connectivity index (χ3n) is 5.11. The van der Waals surface area contributed by atoms with E-state index in [0.29, 0.717) is 24.0 Å².